The molecular formula is C28H32FN3O5S. The summed E-state index contributed by atoms with van der Waals surface area (Å²) < 4.78 is 48.7. The van der Waals surface area contributed by atoms with Gasteiger partial charge in [-0.3, -0.25) is 13.9 Å². The van der Waals surface area contributed by atoms with Crippen LogP contribution in [0, 0.1) is 12.7 Å². The minimum absolute atomic E-state index is 0.0196. The van der Waals surface area contributed by atoms with Crippen LogP contribution >= 0.6 is 0 Å². The summed E-state index contributed by atoms with van der Waals surface area (Å²) in [6, 6.07) is 17.7. The lowest BCUT2D eigenvalue weighted by Gasteiger charge is -2.32. The minimum atomic E-state index is -4.24. The Morgan fingerprint density at radius 3 is 2.32 bits per heavy atom. The summed E-state index contributed by atoms with van der Waals surface area (Å²) in [6.45, 7) is 4.52. The summed E-state index contributed by atoms with van der Waals surface area (Å²) in [5, 5.41) is 2.67. The highest BCUT2D eigenvalue weighted by Gasteiger charge is 2.34. The van der Waals surface area contributed by atoms with E-state index in [0.717, 1.165) is 9.87 Å². The number of amides is 2. The lowest BCUT2D eigenvalue weighted by Crippen LogP contribution is -2.51. The van der Waals surface area contributed by atoms with Crippen LogP contribution in [0.3, 0.4) is 0 Å². The van der Waals surface area contributed by atoms with Gasteiger partial charge in [0.05, 0.1) is 17.7 Å². The summed E-state index contributed by atoms with van der Waals surface area (Å²) in [5.74, 6) is -1.42. The Hall–Kier alpha value is -3.92. The topological polar surface area (TPSA) is 96.0 Å². The number of sulfonamides is 1. The number of anilines is 1. The maximum atomic E-state index is 14.5. The number of halogens is 1. The molecular weight excluding hydrogens is 509 g/mol. The molecule has 3 rings (SSSR count). The maximum absolute atomic E-state index is 14.5. The van der Waals surface area contributed by atoms with E-state index in [2.05, 4.69) is 5.32 Å². The molecule has 0 bridgehead atoms. The Balaban J connectivity index is 2.10. The van der Waals surface area contributed by atoms with Crippen molar-refractivity contribution in [3.05, 3.63) is 89.7 Å². The van der Waals surface area contributed by atoms with E-state index in [1.807, 2.05) is 0 Å². The standard InChI is InChI=1S/C28H32FN3O5S/c1-5-30-28(34)21(3)31(18-22-11-9-10-14-24(22)29)27(33)19-32(25-17-20(2)15-16-26(25)37-4)38(35,36)23-12-7-6-8-13-23/h6-17,21H,5,18-19H2,1-4H3,(H,30,34)/t21-/m0/s1. The molecule has 3 aromatic carbocycles. The molecule has 0 aliphatic rings. The number of nitrogens with zero attached hydrogens (tertiary/aromatic N) is 2. The summed E-state index contributed by atoms with van der Waals surface area (Å²) in [7, 11) is -2.83. The largest absolute Gasteiger partial charge is 0.495 e. The Labute approximate surface area is 223 Å². The smallest absolute Gasteiger partial charge is 0.264 e. The normalized spacial score (nSPS) is 11.9. The molecule has 1 atom stereocenters. The fraction of sp³-hybridized carbons (Fsp3) is 0.286. The molecule has 0 aliphatic carbocycles. The van der Waals surface area contributed by atoms with E-state index in [1.165, 1.54) is 49.3 Å². The highest BCUT2D eigenvalue weighted by molar-refractivity contribution is 7.92. The van der Waals surface area contributed by atoms with Gasteiger partial charge < -0.3 is 15.0 Å². The first kappa shape index (κ1) is 28.6. The lowest BCUT2D eigenvalue weighted by atomic mass is 10.1. The van der Waals surface area contributed by atoms with Crippen molar-refractivity contribution in [3.8, 4) is 5.75 Å². The number of hydrogen-bond donors (Lipinski definition) is 1. The highest BCUT2D eigenvalue weighted by atomic mass is 32.2. The van der Waals surface area contributed by atoms with Crippen molar-refractivity contribution in [1.82, 2.24) is 10.2 Å². The van der Waals surface area contributed by atoms with Crippen molar-refractivity contribution in [3.63, 3.8) is 0 Å². The first-order valence-electron chi connectivity index (χ1n) is 12.1. The van der Waals surface area contributed by atoms with Gasteiger partial charge in [0.15, 0.2) is 0 Å². The Bertz CT molecular complexity index is 1380. The van der Waals surface area contributed by atoms with Gasteiger partial charge in [0.25, 0.3) is 10.0 Å². The van der Waals surface area contributed by atoms with Gasteiger partial charge in [-0.15, -0.1) is 0 Å². The zero-order valence-corrected chi connectivity index (χ0v) is 22.7. The second kappa shape index (κ2) is 12.6. The van der Waals surface area contributed by atoms with Crippen molar-refractivity contribution in [2.24, 2.45) is 0 Å². The molecule has 0 heterocycles. The SMILES string of the molecule is CCNC(=O)[C@H](C)N(Cc1ccccc1F)C(=O)CN(c1cc(C)ccc1OC)S(=O)(=O)c1ccccc1. The van der Waals surface area contributed by atoms with Crippen molar-refractivity contribution in [2.75, 3.05) is 24.5 Å². The van der Waals surface area contributed by atoms with Gasteiger partial charge in [0.1, 0.15) is 24.2 Å². The fourth-order valence-electron chi connectivity index (χ4n) is 3.94. The highest BCUT2D eigenvalue weighted by Crippen LogP contribution is 2.33. The summed E-state index contributed by atoms with van der Waals surface area (Å²) in [4.78, 5) is 27.7. The molecule has 0 saturated heterocycles. The molecule has 3 aromatic rings. The second-order valence-corrected chi connectivity index (χ2v) is 10.5. The number of nitrogens with one attached hydrogen (secondary N) is 1. The van der Waals surface area contributed by atoms with E-state index < -0.39 is 40.2 Å². The number of methoxy groups -OCH3 is 1. The maximum Gasteiger partial charge on any atom is 0.264 e. The number of carbonyl (C=O) groups excluding carboxylic acids is 2. The quantitative estimate of drug-likeness (QED) is 0.397. The number of aryl methyl sites for hydroxylation is 1. The number of rotatable bonds is 11. The van der Waals surface area contributed by atoms with Crippen LogP contribution in [0.15, 0.2) is 77.7 Å². The number of ether oxygens (including phenoxy) is 1. The molecule has 0 fully saturated rings. The van der Waals surface area contributed by atoms with Gasteiger partial charge in [0, 0.05) is 18.7 Å². The molecule has 0 spiro atoms. The van der Waals surface area contributed by atoms with E-state index in [1.54, 1.807) is 56.3 Å². The minimum Gasteiger partial charge on any atom is -0.495 e. The van der Waals surface area contributed by atoms with E-state index in [9.17, 15) is 22.4 Å². The van der Waals surface area contributed by atoms with Crippen LogP contribution in [-0.4, -0.2) is 51.4 Å². The molecule has 0 saturated carbocycles. The molecule has 10 heteroatoms. The van der Waals surface area contributed by atoms with Crippen LogP contribution in [-0.2, 0) is 26.2 Å². The van der Waals surface area contributed by atoms with E-state index in [4.69, 9.17) is 4.74 Å². The van der Waals surface area contributed by atoms with Crippen LogP contribution in [0.25, 0.3) is 0 Å². The first-order valence-corrected chi connectivity index (χ1v) is 13.6. The number of benzene rings is 3. The van der Waals surface area contributed by atoms with Crippen LogP contribution < -0.4 is 14.4 Å². The van der Waals surface area contributed by atoms with Crippen LogP contribution in [0.1, 0.15) is 25.0 Å². The van der Waals surface area contributed by atoms with Crippen molar-refractivity contribution >= 4 is 27.5 Å². The summed E-state index contributed by atoms with van der Waals surface area (Å²) in [6.07, 6.45) is 0. The zero-order chi connectivity index (χ0) is 27.9. The Kier molecular flexibility index (Phi) is 9.46. The molecule has 1 N–H and O–H groups in total. The number of hydrogen-bond acceptors (Lipinski definition) is 5. The molecule has 0 aromatic heterocycles. The van der Waals surface area contributed by atoms with Crippen molar-refractivity contribution in [2.45, 2.75) is 38.3 Å². The zero-order valence-electron chi connectivity index (χ0n) is 21.8. The van der Waals surface area contributed by atoms with Gasteiger partial charge >= 0.3 is 0 Å². The third kappa shape index (κ3) is 6.49. The third-order valence-electron chi connectivity index (χ3n) is 6.03. The van der Waals surface area contributed by atoms with E-state index in [-0.39, 0.29) is 28.4 Å². The molecule has 0 unspecified atom stereocenters. The predicted molar refractivity (Wildman–Crippen MR) is 144 cm³/mol. The van der Waals surface area contributed by atoms with Gasteiger partial charge in [0.2, 0.25) is 11.8 Å². The average molecular weight is 542 g/mol. The predicted octanol–water partition coefficient (Wildman–Crippen LogP) is 3.89. The Morgan fingerprint density at radius 1 is 1.03 bits per heavy atom. The van der Waals surface area contributed by atoms with E-state index >= 15 is 0 Å². The molecule has 0 radical (unpaired) electrons. The second-order valence-electron chi connectivity index (χ2n) is 8.68. The fourth-order valence-corrected chi connectivity index (χ4v) is 5.38. The summed E-state index contributed by atoms with van der Waals surface area (Å²) in [5.41, 5.74) is 1.12. The Morgan fingerprint density at radius 2 is 1.68 bits per heavy atom. The first-order chi connectivity index (χ1) is 18.1. The third-order valence-corrected chi connectivity index (χ3v) is 7.80. The molecule has 8 nitrogen and oxygen atoms in total. The van der Waals surface area contributed by atoms with Gasteiger partial charge in [-0.05, 0) is 56.7 Å². The van der Waals surface area contributed by atoms with Crippen LogP contribution in [0.5, 0.6) is 5.75 Å². The van der Waals surface area contributed by atoms with Crippen LogP contribution in [0.4, 0.5) is 10.1 Å². The molecule has 38 heavy (non-hydrogen) atoms. The number of carbonyl (C=O) groups is 2. The number of likely N-dealkylation sites (N-methyl/N-ethyl adjacent to an activating group) is 1. The summed E-state index contributed by atoms with van der Waals surface area (Å²) >= 11 is 0. The van der Waals surface area contributed by atoms with Crippen LogP contribution in [0.2, 0.25) is 0 Å². The molecule has 2 amide bonds. The lowest BCUT2D eigenvalue weighted by molar-refractivity contribution is -0.139. The van der Waals surface area contributed by atoms with Gasteiger partial charge in [-0.25, -0.2) is 12.8 Å². The van der Waals surface area contributed by atoms with Crippen molar-refractivity contribution in [1.29, 1.82) is 0 Å². The van der Waals surface area contributed by atoms with Crippen molar-refractivity contribution < 1.29 is 27.1 Å². The van der Waals surface area contributed by atoms with Gasteiger partial charge in [-0.2, -0.15) is 0 Å². The average Bonchev–Trinajstić information content (AvgIpc) is 2.91. The molecule has 0 aliphatic heterocycles. The monoisotopic (exact) mass is 541 g/mol. The molecule has 202 valence electrons. The van der Waals surface area contributed by atoms with Gasteiger partial charge in [-0.1, -0.05) is 42.5 Å². The van der Waals surface area contributed by atoms with E-state index in [0.29, 0.717) is 6.54 Å².